The number of para-hydroxylation sites is 1. The summed E-state index contributed by atoms with van der Waals surface area (Å²) in [5, 5.41) is 2.20. The molecule has 1 N–H and O–H groups in total. The van der Waals surface area contributed by atoms with Crippen molar-refractivity contribution in [1.29, 1.82) is 0 Å². The molecule has 3 aromatic rings. The van der Waals surface area contributed by atoms with E-state index in [0.717, 1.165) is 29.8 Å². The van der Waals surface area contributed by atoms with Crippen LogP contribution in [0.4, 0.5) is 20.2 Å². The summed E-state index contributed by atoms with van der Waals surface area (Å²) in [6.07, 6.45) is 0.562. The minimum Gasteiger partial charge on any atom is -0.319 e. The number of sulfonamides is 1. The highest BCUT2D eigenvalue weighted by Crippen LogP contribution is 2.35. The predicted octanol–water partition coefficient (Wildman–Crippen LogP) is 4.62. The molecule has 0 atom stereocenters. The van der Waals surface area contributed by atoms with Gasteiger partial charge in [0, 0.05) is 18.2 Å². The van der Waals surface area contributed by atoms with Gasteiger partial charge >= 0.3 is 0 Å². The standard InChI is InChI=1S/C21H15ClF2N2O3S/c22-16-7-5-14(21(27)25-18-12-15(23)6-8-17(18)24)11-20(16)30(28,29)26-10-9-13-3-1-2-4-19(13)26/h1-8,11-12H,9-10H2,(H,25,27). The molecule has 0 spiro atoms. The fraction of sp³-hybridized carbons (Fsp3) is 0.0952. The molecule has 9 heteroatoms. The van der Waals surface area contributed by atoms with Crippen molar-refractivity contribution in [2.45, 2.75) is 11.3 Å². The molecule has 0 saturated carbocycles. The number of nitrogens with one attached hydrogen (secondary N) is 1. The van der Waals surface area contributed by atoms with Crippen LogP contribution in [-0.2, 0) is 16.4 Å². The van der Waals surface area contributed by atoms with E-state index < -0.39 is 27.6 Å². The van der Waals surface area contributed by atoms with Crippen LogP contribution in [0.25, 0.3) is 0 Å². The Morgan fingerprint density at radius 3 is 2.60 bits per heavy atom. The van der Waals surface area contributed by atoms with Gasteiger partial charge in [-0.15, -0.1) is 0 Å². The third-order valence-corrected chi connectivity index (χ3v) is 7.08. The molecule has 1 aliphatic rings. The predicted molar refractivity (Wildman–Crippen MR) is 110 cm³/mol. The number of nitrogens with zero attached hydrogens (tertiary/aromatic N) is 1. The lowest BCUT2D eigenvalue weighted by Gasteiger charge is -2.20. The van der Waals surface area contributed by atoms with E-state index in [4.69, 9.17) is 11.6 Å². The molecule has 3 aromatic carbocycles. The lowest BCUT2D eigenvalue weighted by molar-refractivity contribution is 0.102. The first kappa shape index (κ1) is 20.3. The van der Waals surface area contributed by atoms with E-state index in [1.807, 2.05) is 12.1 Å². The Morgan fingerprint density at radius 2 is 1.80 bits per heavy atom. The van der Waals surface area contributed by atoms with Crippen LogP contribution in [0.3, 0.4) is 0 Å². The average molecular weight is 449 g/mol. The number of carbonyl (C=O) groups excluding carboxylic acids is 1. The molecule has 0 radical (unpaired) electrons. The maximum atomic E-state index is 13.8. The fourth-order valence-electron chi connectivity index (χ4n) is 3.31. The number of amides is 1. The van der Waals surface area contributed by atoms with Gasteiger partial charge in [-0.05, 0) is 48.4 Å². The van der Waals surface area contributed by atoms with Gasteiger partial charge < -0.3 is 5.32 Å². The quantitative estimate of drug-likeness (QED) is 0.633. The van der Waals surface area contributed by atoms with Crippen molar-refractivity contribution in [3.05, 3.63) is 88.4 Å². The molecule has 1 amide bonds. The van der Waals surface area contributed by atoms with E-state index >= 15 is 0 Å². The zero-order chi connectivity index (χ0) is 21.5. The largest absolute Gasteiger partial charge is 0.319 e. The monoisotopic (exact) mass is 448 g/mol. The van der Waals surface area contributed by atoms with Crippen molar-refractivity contribution < 1.29 is 22.0 Å². The topological polar surface area (TPSA) is 66.5 Å². The van der Waals surface area contributed by atoms with E-state index in [0.29, 0.717) is 12.1 Å². The molecule has 0 bridgehead atoms. The van der Waals surface area contributed by atoms with E-state index in [1.165, 1.54) is 16.4 Å². The van der Waals surface area contributed by atoms with Crippen LogP contribution in [0.2, 0.25) is 5.02 Å². The second-order valence-corrected chi connectivity index (χ2v) is 8.92. The number of carbonyl (C=O) groups is 1. The molecule has 30 heavy (non-hydrogen) atoms. The highest BCUT2D eigenvalue weighted by atomic mass is 35.5. The van der Waals surface area contributed by atoms with Gasteiger partial charge in [-0.25, -0.2) is 17.2 Å². The fourth-order valence-corrected chi connectivity index (χ4v) is 5.31. The Balaban J connectivity index is 1.68. The minimum absolute atomic E-state index is 0.0483. The third-order valence-electron chi connectivity index (χ3n) is 4.78. The maximum absolute atomic E-state index is 13.8. The molecular weight excluding hydrogens is 434 g/mol. The lowest BCUT2D eigenvalue weighted by atomic mass is 10.2. The zero-order valence-corrected chi connectivity index (χ0v) is 17.0. The van der Waals surface area contributed by atoms with Crippen molar-refractivity contribution in [1.82, 2.24) is 0 Å². The Hall–Kier alpha value is -2.97. The number of anilines is 2. The Morgan fingerprint density at radius 1 is 1.03 bits per heavy atom. The van der Waals surface area contributed by atoms with Gasteiger partial charge in [0.05, 0.1) is 16.4 Å². The molecule has 4 rings (SSSR count). The van der Waals surface area contributed by atoms with Gasteiger partial charge in [-0.3, -0.25) is 9.10 Å². The van der Waals surface area contributed by atoms with Crippen molar-refractivity contribution in [3.63, 3.8) is 0 Å². The second-order valence-electron chi connectivity index (χ2n) is 6.68. The molecule has 0 unspecified atom stereocenters. The van der Waals surface area contributed by atoms with E-state index in [1.54, 1.807) is 12.1 Å². The van der Waals surface area contributed by atoms with E-state index in [2.05, 4.69) is 5.32 Å². The molecule has 1 heterocycles. The number of benzene rings is 3. The Bertz CT molecular complexity index is 1260. The number of fused-ring (bicyclic) bond motifs is 1. The summed E-state index contributed by atoms with van der Waals surface area (Å²) in [5.41, 5.74) is 1.04. The molecular formula is C21H15ClF2N2O3S. The van der Waals surface area contributed by atoms with Crippen molar-refractivity contribution >= 4 is 38.9 Å². The van der Waals surface area contributed by atoms with E-state index in [9.17, 15) is 22.0 Å². The number of hydrogen-bond donors (Lipinski definition) is 1. The smallest absolute Gasteiger partial charge is 0.265 e. The first-order chi connectivity index (χ1) is 14.3. The maximum Gasteiger partial charge on any atom is 0.265 e. The highest BCUT2D eigenvalue weighted by molar-refractivity contribution is 7.93. The van der Waals surface area contributed by atoms with Gasteiger partial charge in [0.2, 0.25) is 0 Å². The van der Waals surface area contributed by atoms with Gasteiger partial charge in [0.25, 0.3) is 15.9 Å². The number of halogens is 3. The van der Waals surface area contributed by atoms with Gasteiger partial charge in [0.1, 0.15) is 16.5 Å². The molecule has 1 aliphatic heterocycles. The average Bonchev–Trinajstić information content (AvgIpc) is 3.16. The van der Waals surface area contributed by atoms with Gasteiger partial charge in [0.15, 0.2) is 0 Å². The number of rotatable bonds is 4. The molecule has 0 aromatic heterocycles. The summed E-state index contributed by atoms with van der Waals surface area (Å²) in [6.45, 7) is 0.253. The normalized spacial score (nSPS) is 13.2. The first-order valence-corrected chi connectivity index (χ1v) is 10.8. The van der Waals surface area contributed by atoms with Crippen molar-refractivity contribution in [3.8, 4) is 0 Å². The second kappa shape index (κ2) is 7.70. The Kier molecular flexibility index (Phi) is 5.21. The van der Waals surface area contributed by atoms with Crippen molar-refractivity contribution in [2.24, 2.45) is 0 Å². The van der Waals surface area contributed by atoms with Crippen LogP contribution in [0.15, 0.2) is 65.6 Å². The molecule has 5 nitrogen and oxygen atoms in total. The molecule has 0 fully saturated rings. The summed E-state index contributed by atoms with van der Waals surface area (Å²) in [5.74, 6) is -2.34. The highest BCUT2D eigenvalue weighted by Gasteiger charge is 2.32. The summed E-state index contributed by atoms with van der Waals surface area (Å²) < 4.78 is 54.9. The van der Waals surface area contributed by atoms with Gasteiger partial charge in [-0.1, -0.05) is 29.8 Å². The van der Waals surface area contributed by atoms with Crippen LogP contribution >= 0.6 is 11.6 Å². The summed E-state index contributed by atoms with van der Waals surface area (Å²) >= 11 is 6.15. The third kappa shape index (κ3) is 3.64. The van der Waals surface area contributed by atoms with Crippen molar-refractivity contribution in [2.75, 3.05) is 16.2 Å². The lowest BCUT2D eigenvalue weighted by Crippen LogP contribution is -2.29. The SMILES string of the molecule is O=C(Nc1cc(F)ccc1F)c1ccc(Cl)c(S(=O)(=O)N2CCc3ccccc32)c1. The Labute approximate surface area is 177 Å². The summed E-state index contributed by atoms with van der Waals surface area (Å²) in [4.78, 5) is 12.3. The summed E-state index contributed by atoms with van der Waals surface area (Å²) in [6, 6.07) is 13.5. The van der Waals surface area contributed by atoms with Crippen LogP contribution in [0, 0.1) is 11.6 Å². The minimum atomic E-state index is -4.04. The van der Waals surface area contributed by atoms with Crippen LogP contribution in [0.5, 0.6) is 0 Å². The van der Waals surface area contributed by atoms with Crippen LogP contribution in [-0.4, -0.2) is 20.9 Å². The molecule has 0 aliphatic carbocycles. The first-order valence-electron chi connectivity index (χ1n) is 8.94. The molecule has 154 valence electrons. The van der Waals surface area contributed by atoms with Crippen LogP contribution in [0.1, 0.15) is 15.9 Å². The number of hydrogen-bond acceptors (Lipinski definition) is 3. The van der Waals surface area contributed by atoms with Gasteiger partial charge in [-0.2, -0.15) is 0 Å². The van der Waals surface area contributed by atoms with Crippen LogP contribution < -0.4 is 9.62 Å². The molecule has 0 saturated heterocycles. The van der Waals surface area contributed by atoms with E-state index in [-0.39, 0.29) is 27.7 Å². The summed E-state index contributed by atoms with van der Waals surface area (Å²) in [7, 11) is -4.04. The zero-order valence-electron chi connectivity index (χ0n) is 15.4.